The summed E-state index contributed by atoms with van der Waals surface area (Å²) in [6.45, 7) is 16.0. The van der Waals surface area contributed by atoms with E-state index in [1.54, 1.807) is 18.7 Å². The van der Waals surface area contributed by atoms with Crippen molar-refractivity contribution in [2.24, 2.45) is 4.99 Å². The second-order valence-electron chi connectivity index (χ2n) is 10.1. The van der Waals surface area contributed by atoms with Crippen molar-refractivity contribution in [1.29, 1.82) is 0 Å². The first kappa shape index (κ1) is 26.3. The highest BCUT2D eigenvalue weighted by Crippen LogP contribution is 2.39. The Morgan fingerprint density at radius 2 is 2.09 bits per heavy atom. The first-order chi connectivity index (χ1) is 15.4. The summed E-state index contributed by atoms with van der Waals surface area (Å²) in [5, 5.41) is 1.06. The molecule has 0 N–H and O–H groups in total. The maximum Gasteiger partial charge on any atom is 0.192 e. The molecule has 0 aliphatic carbocycles. The van der Waals surface area contributed by atoms with Crippen molar-refractivity contribution in [3.63, 3.8) is 0 Å². The number of nitrogens with zero attached hydrogens (tertiary/aromatic N) is 5. The van der Waals surface area contributed by atoms with Crippen LogP contribution < -0.4 is 0 Å². The van der Waals surface area contributed by atoms with Crippen LogP contribution in [0.2, 0.25) is 18.1 Å². The molecule has 0 amide bonds. The lowest BCUT2D eigenvalue weighted by molar-refractivity contribution is -0.0535. The highest BCUT2D eigenvalue weighted by atomic mass is 127. The maximum atomic E-state index is 6.52. The Hall–Kier alpha value is -1.34. The lowest BCUT2D eigenvalue weighted by Crippen LogP contribution is -2.44. The standard InChI is InChI=1S/C23H36IN5O3Si/c1-9-10-30-17-11-19(32-18(17)13-31-33(7,8)23(2,3)4)29-12-16(24)20-21(27-15-28(5)6)25-14-26-22(20)29/h9,12,14-15,17-19H,1,10-11,13H2,2-8H3/b27-15+/t17-,18-,19-/m1/s1. The molecule has 3 rings (SSSR count). The van der Waals surface area contributed by atoms with E-state index in [9.17, 15) is 0 Å². The van der Waals surface area contributed by atoms with E-state index in [0.29, 0.717) is 25.5 Å². The van der Waals surface area contributed by atoms with Crippen molar-refractivity contribution in [2.75, 3.05) is 27.3 Å². The highest BCUT2D eigenvalue weighted by molar-refractivity contribution is 14.1. The van der Waals surface area contributed by atoms with E-state index in [2.05, 4.69) is 88.8 Å². The minimum absolute atomic E-state index is 0.0825. The SMILES string of the molecule is C=CCO[C@@H]1C[C@H](n2cc(I)c3c(/N=C/N(C)C)ncnc32)O[C@@H]1CO[Si](C)(C)C(C)(C)C. The van der Waals surface area contributed by atoms with Crippen LogP contribution in [0.25, 0.3) is 11.0 Å². The average molecular weight is 586 g/mol. The van der Waals surface area contributed by atoms with Crippen LogP contribution in [0.5, 0.6) is 0 Å². The van der Waals surface area contributed by atoms with Crippen molar-refractivity contribution < 1.29 is 13.9 Å². The normalized spacial score (nSPS) is 21.9. The fourth-order valence-electron chi connectivity index (χ4n) is 3.41. The zero-order chi connectivity index (χ0) is 24.4. The summed E-state index contributed by atoms with van der Waals surface area (Å²) < 4.78 is 22.2. The molecule has 1 fully saturated rings. The minimum atomic E-state index is -1.90. The zero-order valence-electron chi connectivity index (χ0n) is 20.7. The lowest BCUT2D eigenvalue weighted by atomic mass is 10.2. The van der Waals surface area contributed by atoms with Gasteiger partial charge in [0.15, 0.2) is 14.1 Å². The molecule has 2 aromatic heterocycles. The van der Waals surface area contributed by atoms with E-state index >= 15 is 0 Å². The van der Waals surface area contributed by atoms with Gasteiger partial charge in [0.25, 0.3) is 0 Å². The summed E-state index contributed by atoms with van der Waals surface area (Å²) in [7, 11) is 1.96. The largest absolute Gasteiger partial charge is 0.414 e. The fraction of sp³-hybridized carbons (Fsp3) is 0.609. The van der Waals surface area contributed by atoms with Crippen molar-refractivity contribution in [3.05, 3.63) is 28.7 Å². The van der Waals surface area contributed by atoms with Gasteiger partial charge in [-0.2, -0.15) is 0 Å². The number of hydrogen-bond donors (Lipinski definition) is 0. The van der Waals surface area contributed by atoms with Crippen LogP contribution >= 0.6 is 22.6 Å². The summed E-state index contributed by atoms with van der Waals surface area (Å²) in [6.07, 6.45) is 7.38. The summed E-state index contributed by atoms with van der Waals surface area (Å²) in [4.78, 5) is 15.4. The monoisotopic (exact) mass is 585 g/mol. The molecule has 0 saturated carbocycles. The Bertz CT molecular complexity index is 1000. The first-order valence-electron chi connectivity index (χ1n) is 11.2. The van der Waals surface area contributed by atoms with Crippen LogP contribution in [-0.4, -0.2) is 73.6 Å². The molecular formula is C23H36IN5O3Si. The Labute approximate surface area is 211 Å². The summed E-state index contributed by atoms with van der Waals surface area (Å²) in [5.74, 6) is 0.645. The number of hydrogen-bond acceptors (Lipinski definition) is 6. The molecule has 0 bridgehead atoms. The molecule has 1 aliphatic rings. The van der Waals surface area contributed by atoms with Gasteiger partial charge >= 0.3 is 0 Å². The Morgan fingerprint density at radius 1 is 1.36 bits per heavy atom. The van der Waals surface area contributed by atoms with Gasteiger partial charge in [0.05, 0.1) is 31.0 Å². The van der Waals surface area contributed by atoms with Gasteiger partial charge in [-0.1, -0.05) is 26.8 Å². The number of halogens is 1. The second-order valence-corrected chi connectivity index (χ2v) is 16.1. The maximum absolute atomic E-state index is 6.52. The smallest absolute Gasteiger partial charge is 0.192 e. The summed E-state index contributed by atoms with van der Waals surface area (Å²) in [6, 6.07) is 0. The number of aromatic nitrogens is 3. The third-order valence-corrected chi connectivity index (χ3v) is 11.6. The second kappa shape index (κ2) is 10.5. The van der Waals surface area contributed by atoms with Crippen molar-refractivity contribution >= 4 is 54.1 Å². The van der Waals surface area contributed by atoms with E-state index < -0.39 is 8.32 Å². The van der Waals surface area contributed by atoms with Crippen molar-refractivity contribution in [3.8, 4) is 0 Å². The van der Waals surface area contributed by atoms with Crippen LogP contribution in [-0.2, 0) is 13.9 Å². The molecule has 0 radical (unpaired) electrons. The minimum Gasteiger partial charge on any atom is -0.414 e. The van der Waals surface area contributed by atoms with Crippen LogP contribution in [0, 0.1) is 3.57 Å². The molecule has 8 nitrogen and oxygen atoms in total. The Balaban J connectivity index is 1.87. The molecule has 33 heavy (non-hydrogen) atoms. The van der Waals surface area contributed by atoms with E-state index in [1.807, 2.05) is 19.0 Å². The quantitative estimate of drug-likeness (QED) is 0.134. The first-order valence-corrected chi connectivity index (χ1v) is 15.2. The topological polar surface area (TPSA) is 74.0 Å². The number of rotatable bonds is 9. The highest BCUT2D eigenvalue weighted by Gasteiger charge is 2.42. The molecule has 0 aromatic carbocycles. The van der Waals surface area contributed by atoms with Gasteiger partial charge in [0.1, 0.15) is 24.3 Å². The van der Waals surface area contributed by atoms with Crippen molar-refractivity contribution in [1.82, 2.24) is 19.4 Å². The van der Waals surface area contributed by atoms with Crippen LogP contribution in [0.15, 0.2) is 30.2 Å². The molecule has 1 aliphatic heterocycles. The third kappa shape index (κ3) is 6.02. The lowest BCUT2D eigenvalue weighted by Gasteiger charge is -2.37. The number of aliphatic imine (C=N–C) groups is 1. The van der Waals surface area contributed by atoms with Gasteiger partial charge in [0, 0.05) is 30.3 Å². The molecule has 0 unspecified atom stereocenters. The molecular weight excluding hydrogens is 549 g/mol. The van der Waals surface area contributed by atoms with E-state index in [-0.39, 0.29) is 23.5 Å². The molecule has 10 heteroatoms. The number of fused-ring (bicyclic) bond motifs is 1. The predicted octanol–water partition coefficient (Wildman–Crippen LogP) is 5.14. The van der Waals surface area contributed by atoms with Gasteiger partial charge in [-0.05, 0) is 40.7 Å². The van der Waals surface area contributed by atoms with Crippen molar-refractivity contribution in [2.45, 2.75) is 63.8 Å². The molecule has 0 spiro atoms. The van der Waals surface area contributed by atoms with Crippen LogP contribution in [0.1, 0.15) is 33.4 Å². The van der Waals surface area contributed by atoms with Gasteiger partial charge in [0.2, 0.25) is 0 Å². The van der Waals surface area contributed by atoms with Crippen LogP contribution in [0.4, 0.5) is 5.82 Å². The molecule has 3 heterocycles. The van der Waals surface area contributed by atoms with Gasteiger partial charge in [-0.25, -0.2) is 15.0 Å². The van der Waals surface area contributed by atoms with Crippen LogP contribution in [0.3, 0.4) is 0 Å². The zero-order valence-corrected chi connectivity index (χ0v) is 23.9. The molecule has 3 atom stereocenters. The fourth-order valence-corrected chi connectivity index (χ4v) is 5.20. The summed E-state index contributed by atoms with van der Waals surface area (Å²) in [5.41, 5.74) is 0.804. The van der Waals surface area contributed by atoms with E-state index in [0.717, 1.165) is 14.6 Å². The third-order valence-electron chi connectivity index (χ3n) is 6.29. The molecule has 182 valence electrons. The summed E-state index contributed by atoms with van der Waals surface area (Å²) >= 11 is 2.31. The Morgan fingerprint density at radius 3 is 2.73 bits per heavy atom. The average Bonchev–Trinajstić information content (AvgIpc) is 3.29. The van der Waals surface area contributed by atoms with Gasteiger partial charge < -0.3 is 23.4 Å². The Kier molecular flexibility index (Phi) is 8.36. The van der Waals surface area contributed by atoms with Gasteiger partial charge in [-0.3, -0.25) is 0 Å². The number of ether oxygens (including phenoxy) is 2. The van der Waals surface area contributed by atoms with Gasteiger partial charge in [-0.15, -0.1) is 6.58 Å². The van der Waals surface area contributed by atoms with E-state index in [1.165, 1.54) is 0 Å². The predicted molar refractivity (Wildman–Crippen MR) is 144 cm³/mol. The molecule has 2 aromatic rings. The molecule has 1 saturated heterocycles. The van der Waals surface area contributed by atoms with E-state index in [4.69, 9.17) is 13.9 Å².